The molecule has 0 bridgehead atoms. The van der Waals surface area contributed by atoms with Crippen molar-refractivity contribution in [3.05, 3.63) is 58.1 Å². The van der Waals surface area contributed by atoms with Crippen LogP contribution in [0.2, 0.25) is 0 Å². The minimum Gasteiger partial charge on any atom is -0.486 e. The summed E-state index contributed by atoms with van der Waals surface area (Å²) in [5.74, 6) is -0.146. The quantitative estimate of drug-likeness (QED) is 0.408. The van der Waals surface area contributed by atoms with E-state index in [4.69, 9.17) is 14.2 Å². The van der Waals surface area contributed by atoms with Gasteiger partial charge in [-0.05, 0) is 18.2 Å². The average Bonchev–Trinajstić information content (AvgIpc) is 2.75. The standard InChI is InChI=1S/C19H19N3O7/c1-20-15-7-6-12(22(25)26)8-14(15)19(24)28-11-18(23)21-9-13-10-27-16-4-2-3-5-17(16)29-13/h2-8,13,20H,9-11H2,1H3,(H,21,23). The maximum atomic E-state index is 12.2. The van der Waals surface area contributed by atoms with Crippen LogP contribution in [-0.2, 0) is 9.53 Å². The van der Waals surface area contributed by atoms with Gasteiger partial charge in [-0.1, -0.05) is 12.1 Å². The second kappa shape index (κ2) is 8.91. The number of nitro benzene ring substituents is 1. The molecular formula is C19H19N3O7. The van der Waals surface area contributed by atoms with Gasteiger partial charge in [0.25, 0.3) is 11.6 Å². The molecule has 0 spiro atoms. The van der Waals surface area contributed by atoms with E-state index in [1.807, 2.05) is 12.1 Å². The third-order valence-electron chi connectivity index (χ3n) is 4.13. The molecule has 1 unspecified atom stereocenters. The zero-order valence-corrected chi connectivity index (χ0v) is 15.5. The highest BCUT2D eigenvalue weighted by atomic mass is 16.6. The molecule has 0 fully saturated rings. The number of hydrogen-bond donors (Lipinski definition) is 2. The number of fused-ring (bicyclic) bond motifs is 1. The number of nitro groups is 1. The number of non-ortho nitro benzene ring substituents is 1. The van der Waals surface area contributed by atoms with E-state index in [1.54, 1.807) is 19.2 Å². The fourth-order valence-electron chi connectivity index (χ4n) is 2.68. The number of para-hydroxylation sites is 2. The zero-order chi connectivity index (χ0) is 20.8. The lowest BCUT2D eigenvalue weighted by molar-refractivity contribution is -0.384. The van der Waals surface area contributed by atoms with E-state index < -0.39 is 23.4 Å². The molecule has 2 aromatic rings. The molecule has 1 amide bonds. The number of benzene rings is 2. The number of nitrogens with zero attached hydrogens (tertiary/aromatic N) is 1. The number of nitrogens with one attached hydrogen (secondary N) is 2. The molecule has 1 aliphatic heterocycles. The van der Waals surface area contributed by atoms with Crippen LogP contribution in [-0.4, -0.2) is 49.7 Å². The Balaban J connectivity index is 1.50. The summed E-state index contributed by atoms with van der Waals surface area (Å²) in [6, 6.07) is 11.0. The zero-order valence-electron chi connectivity index (χ0n) is 15.5. The molecular weight excluding hydrogens is 382 g/mol. The second-order valence-electron chi connectivity index (χ2n) is 6.11. The number of hydrogen-bond acceptors (Lipinski definition) is 8. The van der Waals surface area contributed by atoms with Gasteiger partial charge in [-0.3, -0.25) is 14.9 Å². The molecule has 10 heteroatoms. The van der Waals surface area contributed by atoms with E-state index in [0.717, 1.165) is 6.07 Å². The minimum atomic E-state index is -0.848. The van der Waals surface area contributed by atoms with Gasteiger partial charge in [0.1, 0.15) is 12.7 Å². The van der Waals surface area contributed by atoms with E-state index in [9.17, 15) is 19.7 Å². The summed E-state index contributed by atoms with van der Waals surface area (Å²) < 4.78 is 16.3. The number of amides is 1. The molecule has 1 aliphatic rings. The van der Waals surface area contributed by atoms with E-state index >= 15 is 0 Å². The molecule has 3 rings (SSSR count). The molecule has 29 heavy (non-hydrogen) atoms. The van der Waals surface area contributed by atoms with Crippen molar-refractivity contribution in [1.82, 2.24) is 5.32 Å². The molecule has 0 saturated carbocycles. The molecule has 1 heterocycles. The summed E-state index contributed by atoms with van der Waals surface area (Å²) in [6.07, 6.45) is -0.378. The SMILES string of the molecule is CNc1ccc([N+](=O)[O-])cc1C(=O)OCC(=O)NCC1COc2ccccc2O1. The van der Waals surface area contributed by atoms with Crippen molar-refractivity contribution in [2.45, 2.75) is 6.10 Å². The van der Waals surface area contributed by atoms with Gasteiger partial charge in [-0.2, -0.15) is 0 Å². The summed E-state index contributed by atoms with van der Waals surface area (Å²) in [4.78, 5) is 34.5. The Hall–Kier alpha value is -3.82. The Morgan fingerprint density at radius 3 is 2.72 bits per heavy atom. The third-order valence-corrected chi connectivity index (χ3v) is 4.13. The van der Waals surface area contributed by atoms with Gasteiger partial charge in [0.15, 0.2) is 18.1 Å². The number of anilines is 1. The highest BCUT2D eigenvalue weighted by Gasteiger charge is 2.22. The van der Waals surface area contributed by atoms with E-state index in [2.05, 4.69) is 10.6 Å². The predicted molar refractivity (Wildman–Crippen MR) is 102 cm³/mol. The molecule has 152 valence electrons. The molecule has 0 saturated heterocycles. The van der Waals surface area contributed by atoms with Crippen molar-refractivity contribution in [2.75, 3.05) is 32.1 Å². The average molecular weight is 401 g/mol. The van der Waals surface area contributed by atoms with Crippen LogP contribution in [0.1, 0.15) is 10.4 Å². The van der Waals surface area contributed by atoms with Crippen LogP contribution in [0.15, 0.2) is 42.5 Å². The topological polar surface area (TPSA) is 129 Å². The highest BCUT2D eigenvalue weighted by molar-refractivity contribution is 5.97. The molecule has 0 aliphatic carbocycles. The maximum absolute atomic E-state index is 12.2. The lowest BCUT2D eigenvalue weighted by atomic mass is 10.1. The number of ether oxygens (including phenoxy) is 3. The Bertz CT molecular complexity index is 932. The normalized spacial score (nSPS) is 14.6. The van der Waals surface area contributed by atoms with Crippen molar-refractivity contribution >= 4 is 23.3 Å². The van der Waals surface area contributed by atoms with Crippen LogP contribution in [0.25, 0.3) is 0 Å². The Morgan fingerprint density at radius 1 is 1.24 bits per heavy atom. The summed E-state index contributed by atoms with van der Waals surface area (Å²) in [7, 11) is 1.56. The van der Waals surface area contributed by atoms with Crippen molar-refractivity contribution in [2.24, 2.45) is 0 Å². The summed E-state index contributed by atoms with van der Waals surface area (Å²) in [6.45, 7) is -0.0889. The largest absolute Gasteiger partial charge is 0.486 e. The monoisotopic (exact) mass is 401 g/mol. The lowest BCUT2D eigenvalue weighted by Crippen LogP contribution is -2.42. The minimum absolute atomic E-state index is 0.0323. The molecule has 0 aromatic heterocycles. The second-order valence-corrected chi connectivity index (χ2v) is 6.11. The number of esters is 1. The fraction of sp³-hybridized carbons (Fsp3) is 0.263. The van der Waals surface area contributed by atoms with E-state index in [1.165, 1.54) is 12.1 Å². The molecule has 10 nitrogen and oxygen atoms in total. The highest BCUT2D eigenvalue weighted by Crippen LogP contribution is 2.30. The van der Waals surface area contributed by atoms with Crippen LogP contribution in [0.4, 0.5) is 11.4 Å². The summed E-state index contributed by atoms with van der Waals surface area (Å²) in [5.41, 5.74) is 0.0673. The van der Waals surface area contributed by atoms with Gasteiger partial charge in [0.05, 0.1) is 17.0 Å². The van der Waals surface area contributed by atoms with Crippen LogP contribution in [0.3, 0.4) is 0 Å². The van der Waals surface area contributed by atoms with Crippen molar-refractivity contribution in [3.63, 3.8) is 0 Å². The summed E-state index contributed by atoms with van der Waals surface area (Å²) >= 11 is 0. The Morgan fingerprint density at radius 2 is 2.00 bits per heavy atom. The van der Waals surface area contributed by atoms with Crippen molar-refractivity contribution in [1.29, 1.82) is 0 Å². The first-order valence-corrected chi connectivity index (χ1v) is 8.76. The first-order chi connectivity index (χ1) is 14.0. The van der Waals surface area contributed by atoms with Gasteiger partial charge < -0.3 is 24.8 Å². The van der Waals surface area contributed by atoms with Crippen molar-refractivity contribution in [3.8, 4) is 11.5 Å². The van der Waals surface area contributed by atoms with E-state index in [0.29, 0.717) is 17.2 Å². The van der Waals surface area contributed by atoms with Crippen LogP contribution in [0.5, 0.6) is 11.5 Å². The summed E-state index contributed by atoms with van der Waals surface area (Å²) in [5, 5.41) is 16.3. The number of rotatable bonds is 7. The third kappa shape index (κ3) is 4.92. The molecule has 2 N–H and O–H groups in total. The van der Waals surface area contributed by atoms with Gasteiger partial charge >= 0.3 is 5.97 Å². The predicted octanol–water partition coefficient (Wildman–Crippen LogP) is 1.75. The number of carbonyl (C=O) groups excluding carboxylic acids is 2. The van der Waals surface area contributed by atoms with Gasteiger partial charge in [0, 0.05) is 24.9 Å². The van der Waals surface area contributed by atoms with Crippen LogP contribution < -0.4 is 20.1 Å². The van der Waals surface area contributed by atoms with Crippen molar-refractivity contribution < 1.29 is 28.7 Å². The van der Waals surface area contributed by atoms with Gasteiger partial charge in [0.2, 0.25) is 0 Å². The van der Waals surface area contributed by atoms with Gasteiger partial charge in [-0.25, -0.2) is 4.79 Å². The first kappa shape index (κ1) is 19.9. The van der Waals surface area contributed by atoms with E-state index in [-0.39, 0.29) is 30.5 Å². The number of carbonyl (C=O) groups is 2. The molecule has 2 aromatic carbocycles. The Labute approximate surface area is 165 Å². The maximum Gasteiger partial charge on any atom is 0.341 e. The fourth-order valence-corrected chi connectivity index (χ4v) is 2.68. The molecule has 0 radical (unpaired) electrons. The Kier molecular flexibility index (Phi) is 6.12. The lowest BCUT2D eigenvalue weighted by Gasteiger charge is -2.26. The van der Waals surface area contributed by atoms with Crippen LogP contribution in [0, 0.1) is 10.1 Å². The van der Waals surface area contributed by atoms with Crippen LogP contribution >= 0.6 is 0 Å². The van der Waals surface area contributed by atoms with Gasteiger partial charge in [-0.15, -0.1) is 0 Å². The smallest absolute Gasteiger partial charge is 0.341 e. The first-order valence-electron chi connectivity index (χ1n) is 8.76. The molecule has 1 atom stereocenters.